The van der Waals surface area contributed by atoms with Crippen LogP contribution in [0.4, 0.5) is 0 Å². The van der Waals surface area contributed by atoms with Crippen LogP contribution < -0.4 is 5.32 Å². The predicted octanol–water partition coefficient (Wildman–Crippen LogP) is 3.78. The largest absolute Gasteiger partial charge is 0.349 e. The molecule has 2 heterocycles. The molecule has 1 atom stereocenters. The van der Waals surface area contributed by atoms with E-state index in [0.717, 1.165) is 34.6 Å². The lowest BCUT2D eigenvalue weighted by molar-refractivity contribution is 0.0934. The number of rotatable bonds is 5. The van der Waals surface area contributed by atoms with Gasteiger partial charge in [-0.15, -0.1) is 0 Å². The Bertz CT molecular complexity index is 917. The highest BCUT2D eigenvalue weighted by atomic mass is 35.5. The lowest BCUT2D eigenvalue weighted by Crippen LogP contribution is -2.37. The van der Waals surface area contributed by atoms with Crippen LogP contribution in [0.5, 0.6) is 0 Å². The Morgan fingerprint density at radius 1 is 1.15 bits per heavy atom. The number of benzene rings is 2. The highest BCUT2D eigenvalue weighted by Crippen LogP contribution is 2.29. The quantitative estimate of drug-likeness (QED) is 0.720. The smallest absolute Gasteiger partial charge is 0.272 e. The van der Waals surface area contributed by atoms with Gasteiger partial charge in [0.2, 0.25) is 0 Å². The van der Waals surface area contributed by atoms with Gasteiger partial charge in [0.1, 0.15) is 0 Å². The zero-order valence-corrected chi connectivity index (χ0v) is 15.2. The number of aromatic nitrogens is 2. The second-order valence-electron chi connectivity index (χ2n) is 6.61. The number of nitrogens with one attached hydrogen (secondary N) is 2. The second-order valence-corrected chi connectivity index (χ2v) is 7.02. The Hall–Kier alpha value is -2.37. The standard InChI is InChI=1S/C20H21ClN4O/c21-16-9-3-1-7-14(16)18(25-11-5-6-12-25)13-22-20(26)19-15-8-2-4-10-17(15)23-24-19/h1-4,7-10,18H,5-6,11-13H2,(H,22,26)(H,23,24)/t18-/m0/s1. The normalized spacial score (nSPS) is 16.0. The molecule has 3 aromatic rings. The molecule has 0 bridgehead atoms. The molecule has 0 aliphatic carbocycles. The molecule has 5 nitrogen and oxygen atoms in total. The van der Waals surface area contributed by atoms with Crippen LogP contribution in [0.1, 0.15) is 34.9 Å². The number of nitrogens with zero attached hydrogens (tertiary/aromatic N) is 2. The summed E-state index contributed by atoms with van der Waals surface area (Å²) >= 11 is 6.43. The van der Waals surface area contributed by atoms with E-state index in [9.17, 15) is 4.79 Å². The number of carbonyl (C=O) groups is 1. The maximum Gasteiger partial charge on any atom is 0.272 e. The predicted molar refractivity (Wildman–Crippen MR) is 103 cm³/mol. The van der Waals surface area contributed by atoms with Gasteiger partial charge < -0.3 is 5.32 Å². The van der Waals surface area contributed by atoms with Gasteiger partial charge in [-0.3, -0.25) is 14.8 Å². The van der Waals surface area contributed by atoms with Gasteiger partial charge in [0, 0.05) is 17.0 Å². The molecule has 1 amide bonds. The molecule has 1 aromatic heterocycles. The third kappa shape index (κ3) is 3.32. The molecular formula is C20H21ClN4O. The van der Waals surface area contributed by atoms with Gasteiger partial charge in [-0.25, -0.2) is 0 Å². The van der Waals surface area contributed by atoms with Crippen LogP contribution in [0.3, 0.4) is 0 Å². The minimum absolute atomic E-state index is 0.0698. The third-order valence-electron chi connectivity index (χ3n) is 4.99. The molecule has 2 N–H and O–H groups in total. The van der Waals surface area contributed by atoms with Crippen molar-refractivity contribution in [3.63, 3.8) is 0 Å². The fourth-order valence-corrected chi connectivity index (χ4v) is 3.91. The Balaban J connectivity index is 1.54. The molecule has 1 fully saturated rings. The Morgan fingerprint density at radius 2 is 1.88 bits per heavy atom. The SMILES string of the molecule is O=C(NC[C@@H](c1ccccc1Cl)N1CCCC1)c1n[nH]c2ccccc12. The van der Waals surface area contributed by atoms with Gasteiger partial charge in [-0.2, -0.15) is 5.10 Å². The minimum atomic E-state index is -0.168. The van der Waals surface area contributed by atoms with E-state index in [-0.39, 0.29) is 11.9 Å². The van der Waals surface area contributed by atoms with Crippen LogP contribution in [0.25, 0.3) is 10.9 Å². The number of carbonyl (C=O) groups excluding carboxylic acids is 1. The van der Waals surface area contributed by atoms with Gasteiger partial charge in [-0.1, -0.05) is 48.0 Å². The molecule has 0 spiro atoms. The van der Waals surface area contributed by atoms with E-state index in [0.29, 0.717) is 12.2 Å². The summed E-state index contributed by atoms with van der Waals surface area (Å²) in [6.07, 6.45) is 2.36. The number of hydrogen-bond acceptors (Lipinski definition) is 3. The molecule has 0 radical (unpaired) electrons. The summed E-state index contributed by atoms with van der Waals surface area (Å²) < 4.78 is 0. The number of H-pyrrole nitrogens is 1. The summed E-state index contributed by atoms with van der Waals surface area (Å²) in [6, 6.07) is 15.6. The Kier molecular flexibility index (Phi) is 4.91. The molecule has 1 saturated heterocycles. The topological polar surface area (TPSA) is 61.0 Å². The highest BCUT2D eigenvalue weighted by molar-refractivity contribution is 6.31. The van der Waals surface area contributed by atoms with E-state index in [1.807, 2.05) is 48.5 Å². The van der Waals surface area contributed by atoms with E-state index < -0.39 is 0 Å². The number of halogens is 1. The van der Waals surface area contributed by atoms with E-state index in [2.05, 4.69) is 20.4 Å². The van der Waals surface area contributed by atoms with Crippen molar-refractivity contribution in [2.45, 2.75) is 18.9 Å². The Labute approximate surface area is 157 Å². The first-order chi connectivity index (χ1) is 12.7. The van der Waals surface area contributed by atoms with Gasteiger partial charge in [0.15, 0.2) is 5.69 Å². The number of fused-ring (bicyclic) bond motifs is 1. The first-order valence-corrected chi connectivity index (χ1v) is 9.31. The second kappa shape index (κ2) is 7.48. The van der Waals surface area contributed by atoms with Crippen molar-refractivity contribution in [3.05, 3.63) is 64.8 Å². The summed E-state index contributed by atoms with van der Waals surface area (Å²) in [5.41, 5.74) is 2.35. The van der Waals surface area contributed by atoms with E-state index in [4.69, 9.17) is 11.6 Å². The van der Waals surface area contributed by atoms with Crippen LogP contribution >= 0.6 is 11.6 Å². The molecule has 4 rings (SSSR count). The number of amides is 1. The van der Waals surface area contributed by atoms with Crippen molar-refractivity contribution in [1.29, 1.82) is 0 Å². The van der Waals surface area contributed by atoms with Crippen molar-refractivity contribution in [2.24, 2.45) is 0 Å². The molecule has 1 aliphatic heterocycles. The van der Waals surface area contributed by atoms with Crippen molar-refractivity contribution >= 4 is 28.4 Å². The summed E-state index contributed by atoms with van der Waals surface area (Å²) in [6.45, 7) is 2.55. The van der Waals surface area contributed by atoms with Crippen LogP contribution in [0.2, 0.25) is 5.02 Å². The van der Waals surface area contributed by atoms with Crippen molar-refractivity contribution in [3.8, 4) is 0 Å². The lowest BCUT2D eigenvalue weighted by Gasteiger charge is -2.28. The zero-order chi connectivity index (χ0) is 17.9. The maximum atomic E-state index is 12.7. The molecule has 6 heteroatoms. The molecule has 1 aliphatic rings. The third-order valence-corrected chi connectivity index (χ3v) is 5.33. The summed E-state index contributed by atoms with van der Waals surface area (Å²) in [5.74, 6) is -0.168. The lowest BCUT2D eigenvalue weighted by atomic mass is 10.1. The van der Waals surface area contributed by atoms with Crippen molar-refractivity contribution < 1.29 is 4.79 Å². The number of para-hydroxylation sites is 1. The molecular weight excluding hydrogens is 348 g/mol. The van der Waals surface area contributed by atoms with E-state index in [1.165, 1.54) is 12.8 Å². The maximum absolute atomic E-state index is 12.7. The van der Waals surface area contributed by atoms with Gasteiger partial charge in [-0.05, 0) is 43.6 Å². The number of hydrogen-bond donors (Lipinski definition) is 2. The summed E-state index contributed by atoms with van der Waals surface area (Å²) in [7, 11) is 0. The molecule has 134 valence electrons. The van der Waals surface area contributed by atoms with Gasteiger partial charge >= 0.3 is 0 Å². The average molecular weight is 369 g/mol. The fraction of sp³-hybridized carbons (Fsp3) is 0.300. The summed E-state index contributed by atoms with van der Waals surface area (Å²) in [5, 5.41) is 11.7. The molecule has 0 saturated carbocycles. The monoisotopic (exact) mass is 368 g/mol. The van der Waals surface area contributed by atoms with Gasteiger partial charge in [0.25, 0.3) is 5.91 Å². The molecule has 26 heavy (non-hydrogen) atoms. The first kappa shape index (κ1) is 17.1. The average Bonchev–Trinajstić information content (AvgIpc) is 3.33. The number of aromatic amines is 1. The van der Waals surface area contributed by atoms with Crippen LogP contribution in [-0.2, 0) is 0 Å². The van der Waals surface area contributed by atoms with E-state index >= 15 is 0 Å². The van der Waals surface area contributed by atoms with E-state index in [1.54, 1.807) is 0 Å². The first-order valence-electron chi connectivity index (χ1n) is 8.94. The number of likely N-dealkylation sites (tertiary alicyclic amines) is 1. The zero-order valence-electron chi connectivity index (χ0n) is 14.4. The van der Waals surface area contributed by atoms with Crippen molar-refractivity contribution in [1.82, 2.24) is 20.4 Å². The highest BCUT2D eigenvalue weighted by Gasteiger charge is 2.26. The van der Waals surface area contributed by atoms with Crippen LogP contribution in [-0.4, -0.2) is 40.6 Å². The Morgan fingerprint density at radius 3 is 2.69 bits per heavy atom. The fourth-order valence-electron chi connectivity index (χ4n) is 3.64. The minimum Gasteiger partial charge on any atom is -0.349 e. The molecule has 0 unspecified atom stereocenters. The summed E-state index contributed by atoms with van der Waals surface area (Å²) in [4.78, 5) is 15.1. The van der Waals surface area contributed by atoms with Crippen LogP contribution in [0.15, 0.2) is 48.5 Å². The molecule has 2 aromatic carbocycles. The van der Waals surface area contributed by atoms with Gasteiger partial charge in [0.05, 0.1) is 11.6 Å². The van der Waals surface area contributed by atoms with Crippen molar-refractivity contribution in [2.75, 3.05) is 19.6 Å². The van der Waals surface area contributed by atoms with Crippen LogP contribution in [0, 0.1) is 0 Å².